The van der Waals surface area contributed by atoms with Crippen molar-refractivity contribution in [2.75, 3.05) is 11.9 Å². The van der Waals surface area contributed by atoms with E-state index in [9.17, 15) is 17.9 Å². The number of hydrogen-bond donors (Lipinski definition) is 3. The molecule has 1 fully saturated rings. The summed E-state index contributed by atoms with van der Waals surface area (Å²) < 4.78 is 54.0. The molecular formula is C20H19F2IN4O3S. The Labute approximate surface area is 191 Å². The zero-order chi connectivity index (χ0) is 22.6. The number of hydrogen-bond acceptors (Lipinski definition) is 6. The molecule has 2 aromatic carbocycles. The van der Waals surface area contributed by atoms with Crippen LogP contribution in [-0.2, 0) is 10.0 Å². The van der Waals surface area contributed by atoms with Crippen molar-refractivity contribution in [1.29, 1.82) is 0 Å². The van der Waals surface area contributed by atoms with Crippen molar-refractivity contribution in [2.24, 2.45) is 5.14 Å². The van der Waals surface area contributed by atoms with E-state index in [2.05, 4.69) is 15.3 Å². The van der Waals surface area contributed by atoms with Gasteiger partial charge in [0, 0.05) is 27.2 Å². The van der Waals surface area contributed by atoms with Crippen LogP contribution in [0.25, 0.3) is 10.9 Å². The smallest absolute Gasteiger partial charge is 0.215 e. The van der Waals surface area contributed by atoms with Gasteiger partial charge in [-0.1, -0.05) is 0 Å². The lowest BCUT2D eigenvalue weighted by Gasteiger charge is -2.19. The minimum atomic E-state index is -4.05. The molecule has 1 aromatic heterocycles. The van der Waals surface area contributed by atoms with Gasteiger partial charge in [0.25, 0.3) is 0 Å². The first-order valence-corrected chi connectivity index (χ1v) is 12.0. The third-order valence-electron chi connectivity index (χ3n) is 5.79. The van der Waals surface area contributed by atoms with E-state index in [-0.39, 0.29) is 36.3 Å². The molecule has 7 nitrogen and oxygen atoms in total. The maximum Gasteiger partial charge on any atom is 0.215 e. The van der Waals surface area contributed by atoms with Gasteiger partial charge in [0.05, 0.1) is 16.1 Å². The summed E-state index contributed by atoms with van der Waals surface area (Å²) in [6.45, 7) is 1.30. The Balaban J connectivity index is 1.93. The number of benzene rings is 2. The molecule has 2 atom stereocenters. The molecule has 164 valence electrons. The molecule has 0 spiro atoms. The molecule has 4 N–H and O–H groups in total. The number of nitrogens with zero attached hydrogens (tertiary/aromatic N) is 2. The van der Waals surface area contributed by atoms with E-state index in [0.717, 1.165) is 0 Å². The van der Waals surface area contributed by atoms with Crippen molar-refractivity contribution in [1.82, 2.24) is 9.97 Å². The van der Waals surface area contributed by atoms with Crippen molar-refractivity contribution in [3.8, 4) is 0 Å². The topological polar surface area (TPSA) is 118 Å². The van der Waals surface area contributed by atoms with Crippen LogP contribution in [0.3, 0.4) is 0 Å². The molecular weight excluding hydrogens is 541 g/mol. The van der Waals surface area contributed by atoms with Crippen molar-refractivity contribution in [3.05, 3.63) is 57.1 Å². The van der Waals surface area contributed by atoms with Gasteiger partial charge in [-0.2, -0.15) is 0 Å². The Morgan fingerprint density at radius 1 is 1.32 bits per heavy atom. The standard InChI is InChI=1S/C20H19F2IN4O3S/c1-10-12-7-13(14-8-20(14,4-5-28)31(24,29)30)19(17(22)18(12)26-9-25-10)27-16-3-2-11(23)6-15(16)21/h2-3,6-7,9,14,27-28H,4-5,8H2,1H3,(H2,24,29,30). The Hall–Kier alpha value is -1.96. The maximum atomic E-state index is 15.6. The van der Waals surface area contributed by atoms with Gasteiger partial charge in [-0.15, -0.1) is 0 Å². The summed E-state index contributed by atoms with van der Waals surface area (Å²) in [5.41, 5.74) is 0.840. The molecule has 0 radical (unpaired) electrons. The normalized spacial score (nSPS) is 20.8. The number of anilines is 2. The summed E-state index contributed by atoms with van der Waals surface area (Å²) in [5, 5.41) is 18.1. The Bertz CT molecular complexity index is 1310. The van der Waals surface area contributed by atoms with Crippen LogP contribution in [0, 0.1) is 22.1 Å². The first-order valence-electron chi connectivity index (χ1n) is 9.38. The average molecular weight is 560 g/mol. The lowest BCUT2D eigenvalue weighted by atomic mass is 10.0. The molecule has 1 heterocycles. The first-order chi connectivity index (χ1) is 14.6. The van der Waals surface area contributed by atoms with Crippen LogP contribution in [0.15, 0.2) is 30.6 Å². The summed E-state index contributed by atoms with van der Waals surface area (Å²) in [6.07, 6.45) is 1.26. The number of fused-ring (bicyclic) bond motifs is 1. The average Bonchev–Trinajstić information content (AvgIpc) is 3.42. The van der Waals surface area contributed by atoms with Gasteiger partial charge in [0.1, 0.15) is 17.7 Å². The van der Waals surface area contributed by atoms with Gasteiger partial charge in [-0.25, -0.2) is 32.3 Å². The van der Waals surface area contributed by atoms with Crippen LogP contribution >= 0.6 is 22.6 Å². The van der Waals surface area contributed by atoms with Gasteiger partial charge in [0.15, 0.2) is 5.82 Å². The van der Waals surface area contributed by atoms with E-state index >= 15 is 4.39 Å². The summed E-state index contributed by atoms with van der Waals surface area (Å²) >= 11 is 1.96. The van der Waals surface area contributed by atoms with E-state index in [1.54, 1.807) is 19.1 Å². The summed E-state index contributed by atoms with van der Waals surface area (Å²) in [5.74, 6) is -2.00. The van der Waals surface area contributed by atoms with E-state index in [0.29, 0.717) is 20.2 Å². The van der Waals surface area contributed by atoms with Crippen LogP contribution in [-0.4, -0.2) is 34.8 Å². The molecule has 31 heavy (non-hydrogen) atoms. The number of aliphatic hydroxyl groups is 1. The lowest BCUT2D eigenvalue weighted by Crippen LogP contribution is -2.33. The molecule has 1 aliphatic carbocycles. The summed E-state index contributed by atoms with van der Waals surface area (Å²) in [6, 6.07) is 6.05. The number of rotatable bonds is 6. The second kappa shape index (κ2) is 7.87. The predicted octanol–water partition coefficient (Wildman–Crippen LogP) is 3.46. The van der Waals surface area contributed by atoms with Gasteiger partial charge in [0.2, 0.25) is 10.0 Å². The van der Waals surface area contributed by atoms with Gasteiger partial charge in [-0.05, 0) is 72.2 Å². The number of aryl methyl sites for hydroxylation is 1. The van der Waals surface area contributed by atoms with E-state index < -0.39 is 32.3 Å². The fourth-order valence-electron chi connectivity index (χ4n) is 4.03. The predicted molar refractivity (Wildman–Crippen MR) is 122 cm³/mol. The highest BCUT2D eigenvalue weighted by Gasteiger charge is 2.63. The minimum absolute atomic E-state index is 0.0358. The largest absolute Gasteiger partial charge is 0.396 e. The Kier molecular flexibility index (Phi) is 5.65. The molecule has 0 saturated heterocycles. The second-order valence-corrected chi connectivity index (χ2v) is 10.7. The number of aromatic nitrogens is 2. The fourth-order valence-corrected chi connectivity index (χ4v) is 5.79. The quantitative estimate of drug-likeness (QED) is 0.398. The number of aliphatic hydroxyl groups excluding tert-OH is 1. The van der Waals surface area contributed by atoms with Crippen LogP contribution in [0.5, 0.6) is 0 Å². The first kappa shape index (κ1) is 22.2. The Morgan fingerprint density at radius 3 is 2.71 bits per heavy atom. The number of halogens is 3. The molecule has 0 amide bonds. The maximum absolute atomic E-state index is 15.6. The van der Waals surface area contributed by atoms with E-state index in [4.69, 9.17) is 5.14 Å². The lowest BCUT2D eigenvalue weighted by molar-refractivity contribution is 0.281. The zero-order valence-electron chi connectivity index (χ0n) is 16.4. The van der Waals surface area contributed by atoms with E-state index in [1.165, 1.54) is 18.5 Å². The van der Waals surface area contributed by atoms with Crippen molar-refractivity contribution in [2.45, 2.75) is 30.4 Å². The monoisotopic (exact) mass is 560 g/mol. The summed E-state index contributed by atoms with van der Waals surface area (Å²) in [7, 11) is -4.05. The number of sulfonamides is 1. The van der Waals surface area contributed by atoms with Crippen LogP contribution in [0.4, 0.5) is 20.2 Å². The van der Waals surface area contributed by atoms with Gasteiger partial charge in [-0.3, -0.25) is 0 Å². The molecule has 11 heteroatoms. The highest BCUT2D eigenvalue weighted by molar-refractivity contribution is 14.1. The molecule has 1 aliphatic rings. The van der Waals surface area contributed by atoms with Crippen LogP contribution < -0.4 is 10.5 Å². The van der Waals surface area contributed by atoms with Crippen molar-refractivity contribution < 1.29 is 22.3 Å². The van der Waals surface area contributed by atoms with E-state index in [1.807, 2.05) is 22.6 Å². The fraction of sp³-hybridized carbons (Fsp3) is 0.300. The summed E-state index contributed by atoms with van der Waals surface area (Å²) in [4.78, 5) is 8.10. The zero-order valence-corrected chi connectivity index (χ0v) is 19.3. The molecule has 0 aliphatic heterocycles. The van der Waals surface area contributed by atoms with Gasteiger partial charge < -0.3 is 10.4 Å². The number of nitrogens with two attached hydrogens (primary N) is 1. The molecule has 2 unspecified atom stereocenters. The SMILES string of the molecule is Cc1ncnc2c(F)c(Nc3ccc(I)cc3F)c(C3CC3(CCO)S(N)(=O)=O)cc12. The second-order valence-electron chi connectivity index (χ2n) is 7.60. The third-order valence-corrected chi connectivity index (χ3v) is 8.25. The minimum Gasteiger partial charge on any atom is -0.396 e. The molecule has 3 aromatic rings. The molecule has 1 saturated carbocycles. The van der Waals surface area contributed by atoms with Crippen LogP contribution in [0.2, 0.25) is 0 Å². The molecule has 0 bridgehead atoms. The molecule has 4 rings (SSSR count). The number of nitrogens with one attached hydrogen (secondary N) is 1. The van der Waals surface area contributed by atoms with Crippen molar-refractivity contribution in [3.63, 3.8) is 0 Å². The van der Waals surface area contributed by atoms with Gasteiger partial charge >= 0.3 is 0 Å². The highest BCUT2D eigenvalue weighted by atomic mass is 127. The Morgan fingerprint density at radius 2 is 2.06 bits per heavy atom. The van der Waals surface area contributed by atoms with Crippen molar-refractivity contribution >= 4 is 54.9 Å². The number of primary sulfonamides is 1. The highest BCUT2D eigenvalue weighted by Crippen LogP contribution is 2.60. The third kappa shape index (κ3) is 3.77. The van der Waals surface area contributed by atoms with Crippen LogP contribution in [0.1, 0.15) is 30.0 Å².